The average molecular weight is 341 g/mol. The summed E-state index contributed by atoms with van der Waals surface area (Å²) in [7, 11) is 0. The number of amides is 1. The molecule has 1 aromatic carbocycles. The molecule has 3 unspecified atom stereocenters. The molecule has 4 nitrogen and oxygen atoms in total. The van der Waals surface area contributed by atoms with Gasteiger partial charge in [0.2, 0.25) is 5.91 Å². The molecule has 1 aliphatic carbocycles. The molecular weight excluding hydrogens is 323 g/mol. The first-order chi connectivity index (χ1) is 11.3. The largest absolute Gasteiger partial charge is 0.480 e. The Hall–Kier alpha value is -2.05. The lowest BCUT2D eigenvalue weighted by molar-refractivity contribution is -0.149. The van der Waals surface area contributed by atoms with Crippen molar-refractivity contribution in [3.8, 4) is 0 Å². The molecule has 1 aliphatic heterocycles. The zero-order valence-corrected chi connectivity index (χ0v) is 12.9. The van der Waals surface area contributed by atoms with E-state index in [9.17, 15) is 27.9 Å². The fraction of sp³-hybridized carbons (Fsp3) is 0.529. The molecule has 1 heterocycles. The van der Waals surface area contributed by atoms with Crippen LogP contribution in [0.5, 0.6) is 0 Å². The molecule has 1 saturated heterocycles. The number of likely N-dealkylation sites (tertiary alicyclic amines) is 1. The molecule has 0 radical (unpaired) electrons. The van der Waals surface area contributed by atoms with Crippen LogP contribution in [-0.2, 0) is 22.2 Å². The minimum Gasteiger partial charge on any atom is -0.480 e. The van der Waals surface area contributed by atoms with Crippen LogP contribution in [-0.4, -0.2) is 34.5 Å². The summed E-state index contributed by atoms with van der Waals surface area (Å²) in [4.78, 5) is 25.4. The van der Waals surface area contributed by atoms with E-state index < -0.39 is 29.7 Å². The van der Waals surface area contributed by atoms with Crippen molar-refractivity contribution in [3.63, 3.8) is 0 Å². The molecule has 1 aromatic rings. The molecule has 7 heteroatoms. The molecule has 3 atom stereocenters. The van der Waals surface area contributed by atoms with Crippen molar-refractivity contribution in [1.82, 2.24) is 4.90 Å². The van der Waals surface area contributed by atoms with E-state index >= 15 is 0 Å². The van der Waals surface area contributed by atoms with Gasteiger partial charge >= 0.3 is 12.1 Å². The van der Waals surface area contributed by atoms with Gasteiger partial charge in [-0.15, -0.1) is 0 Å². The van der Waals surface area contributed by atoms with Crippen LogP contribution < -0.4 is 0 Å². The second-order valence-electron chi connectivity index (χ2n) is 6.56. The Bertz CT molecular complexity index is 659. The molecule has 0 aromatic heterocycles. The van der Waals surface area contributed by atoms with Crippen LogP contribution in [0.15, 0.2) is 24.3 Å². The van der Waals surface area contributed by atoms with E-state index in [0.29, 0.717) is 6.54 Å². The van der Waals surface area contributed by atoms with Gasteiger partial charge in [-0.1, -0.05) is 24.6 Å². The van der Waals surface area contributed by atoms with E-state index in [4.69, 9.17) is 0 Å². The highest BCUT2D eigenvalue weighted by atomic mass is 19.4. The normalized spacial score (nSPS) is 26.5. The third-order valence-electron chi connectivity index (χ3n) is 5.07. The van der Waals surface area contributed by atoms with Crippen molar-refractivity contribution in [3.05, 3.63) is 35.4 Å². The zero-order valence-electron chi connectivity index (χ0n) is 12.9. The number of hydrogen-bond acceptors (Lipinski definition) is 2. The Morgan fingerprint density at radius 1 is 1.25 bits per heavy atom. The fourth-order valence-electron chi connectivity index (χ4n) is 4.01. The Labute approximate surface area is 137 Å². The smallest absolute Gasteiger partial charge is 0.416 e. The summed E-state index contributed by atoms with van der Waals surface area (Å²) in [5, 5.41) is 9.45. The Morgan fingerprint density at radius 2 is 2.00 bits per heavy atom. The standard InChI is InChI=1S/C17H18F3NO3/c18-17(19,20)12-5-1-3-10(7-12)8-14(22)21-9-11-4-2-6-13(11)15(21)16(23)24/h1,3,5,7,11,13,15H,2,4,6,8-9H2,(H,23,24). The minimum atomic E-state index is -4.46. The predicted octanol–water partition coefficient (Wildman–Crippen LogP) is 2.96. The number of carboxylic acids is 1. The van der Waals surface area contributed by atoms with E-state index in [0.717, 1.165) is 31.4 Å². The maximum absolute atomic E-state index is 12.8. The van der Waals surface area contributed by atoms with Crippen LogP contribution >= 0.6 is 0 Å². The minimum absolute atomic E-state index is 0.0343. The highest BCUT2D eigenvalue weighted by Crippen LogP contribution is 2.42. The monoisotopic (exact) mass is 341 g/mol. The van der Waals surface area contributed by atoms with Gasteiger partial charge in [0.1, 0.15) is 6.04 Å². The summed E-state index contributed by atoms with van der Waals surface area (Å²) in [6, 6.07) is 3.77. The van der Waals surface area contributed by atoms with Crippen LogP contribution in [0, 0.1) is 11.8 Å². The van der Waals surface area contributed by atoms with Crippen molar-refractivity contribution in [2.24, 2.45) is 11.8 Å². The van der Waals surface area contributed by atoms with E-state index in [1.54, 1.807) is 0 Å². The van der Waals surface area contributed by atoms with Gasteiger partial charge in [0.15, 0.2) is 0 Å². The van der Waals surface area contributed by atoms with E-state index in [2.05, 4.69) is 0 Å². The van der Waals surface area contributed by atoms with Gasteiger partial charge in [0.05, 0.1) is 12.0 Å². The number of carbonyl (C=O) groups excluding carboxylic acids is 1. The lowest BCUT2D eigenvalue weighted by Crippen LogP contribution is -2.43. The average Bonchev–Trinajstić information content (AvgIpc) is 3.06. The van der Waals surface area contributed by atoms with Gasteiger partial charge < -0.3 is 10.0 Å². The summed E-state index contributed by atoms with van der Waals surface area (Å²) in [6.07, 6.45) is -2.02. The summed E-state index contributed by atoms with van der Waals surface area (Å²) < 4.78 is 38.3. The molecule has 1 N–H and O–H groups in total. The number of carboxylic acid groups (broad SMARTS) is 1. The van der Waals surface area contributed by atoms with Gasteiger partial charge in [-0.3, -0.25) is 4.79 Å². The lowest BCUT2D eigenvalue weighted by atomic mass is 9.94. The van der Waals surface area contributed by atoms with E-state index in [-0.39, 0.29) is 23.8 Å². The number of halogens is 3. The van der Waals surface area contributed by atoms with Crippen molar-refractivity contribution in [1.29, 1.82) is 0 Å². The summed E-state index contributed by atoms with van der Waals surface area (Å²) in [6.45, 7) is 0.388. The zero-order chi connectivity index (χ0) is 17.5. The number of benzene rings is 1. The Morgan fingerprint density at radius 3 is 2.67 bits per heavy atom. The second kappa shape index (κ2) is 6.11. The molecule has 2 fully saturated rings. The predicted molar refractivity (Wildman–Crippen MR) is 79.1 cm³/mol. The highest BCUT2D eigenvalue weighted by Gasteiger charge is 2.49. The maximum Gasteiger partial charge on any atom is 0.416 e. The number of fused-ring (bicyclic) bond motifs is 1. The topological polar surface area (TPSA) is 57.6 Å². The first kappa shape index (κ1) is 16.8. The van der Waals surface area contributed by atoms with Gasteiger partial charge in [-0.05, 0) is 36.3 Å². The lowest BCUT2D eigenvalue weighted by Gasteiger charge is -2.24. The van der Waals surface area contributed by atoms with Gasteiger partial charge in [-0.2, -0.15) is 13.2 Å². The first-order valence-corrected chi connectivity index (χ1v) is 7.96. The molecule has 0 spiro atoms. The Kier molecular flexibility index (Phi) is 4.27. The molecule has 130 valence electrons. The van der Waals surface area contributed by atoms with Crippen LogP contribution in [0.4, 0.5) is 13.2 Å². The number of rotatable bonds is 3. The van der Waals surface area contributed by atoms with Gasteiger partial charge in [0.25, 0.3) is 0 Å². The van der Waals surface area contributed by atoms with Crippen LogP contribution in [0.2, 0.25) is 0 Å². The summed E-state index contributed by atoms with van der Waals surface area (Å²) in [5.41, 5.74) is -0.558. The van der Waals surface area contributed by atoms with Gasteiger partial charge in [0, 0.05) is 6.54 Å². The molecule has 1 amide bonds. The maximum atomic E-state index is 12.8. The van der Waals surface area contributed by atoms with Crippen molar-refractivity contribution in [2.45, 2.75) is 37.9 Å². The highest BCUT2D eigenvalue weighted by molar-refractivity contribution is 5.86. The van der Waals surface area contributed by atoms with Crippen LogP contribution in [0.1, 0.15) is 30.4 Å². The number of alkyl halides is 3. The fourth-order valence-corrected chi connectivity index (χ4v) is 4.01. The molecule has 2 aliphatic rings. The molecule has 0 bridgehead atoms. The summed E-state index contributed by atoms with van der Waals surface area (Å²) in [5.74, 6) is -1.29. The third kappa shape index (κ3) is 3.12. The first-order valence-electron chi connectivity index (χ1n) is 7.96. The van der Waals surface area contributed by atoms with E-state index in [1.165, 1.54) is 17.0 Å². The van der Waals surface area contributed by atoms with Crippen molar-refractivity contribution >= 4 is 11.9 Å². The van der Waals surface area contributed by atoms with Crippen LogP contribution in [0.25, 0.3) is 0 Å². The van der Waals surface area contributed by atoms with Crippen molar-refractivity contribution in [2.75, 3.05) is 6.54 Å². The molecule has 24 heavy (non-hydrogen) atoms. The Balaban J connectivity index is 1.76. The number of aliphatic carboxylic acids is 1. The quantitative estimate of drug-likeness (QED) is 0.920. The SMILES string of the molecule is O=C(O)C1C2CCCC2CN1C(=O)Cc1cccc(C(F)(F)F)c1. The third-order valence-corrected chi connectivity index (χ3v) is 5.07. The summed E-state index contributed by atoms with van der Waals surface area (Å²) >= 11 is 0. The van der Waals surface area contributed by atoms with Crippen LogP contribution in [0.3, 0.4) is 0 Å². The number of carbonyl (C=O) groups is 2. The molecule has 1 saturated carbocycles. The van der Waals surface area contributed by atoms with Gasteiger partial charge in [-0.25, -0.2) is 4.79 Å². The number of hydrogen-bond donors (Lipinski definition) is 1. The second-order valence-corrected chi connectivity index (χ2v) is 6.56. The number of nitrogens with zero attached hydrogens (tertiary/aromatic N) is 1. The van der Waals surface area contributed by atoms with Crippen molar-refractivity contribution < 1.29 is 27.9 Å². The molecule has 3 rings (SSSR count). The molecular formula is C17H18F3NO3. The van der Waals surface area contributed by atoms with E-state index in [1.807, 2.05) is 0 Å².